The van der Waals surface area contributed by atoms with Gasteiger partial charge >= 0.3 is 0 Å². The second-order valence-corrected chi connectivity index (χ2v) is 6.87. The fourth-order valence-corrected chi connectivity index (χ4v) is 3.81. The first-order valence-electron chi connectivity index (χ1n) is 7.03. The predicted molar refractivity (Wildman–Crippen MR) is 96.8 cm³/mol. The van der Waals surface area contributed by atoms with Crippen LogP contribution in [0.5, 0.6) is 0 Å². The summed E-state index contributed by atoms with van der Waals surface area (Å²) in [6.45, 7) is 6.08. The van der Waals surface area contributed by atoms with Gasteiger partial charge in [0.25, 0.3) is 5.91 Å². The number of aromatic nitrogens is 2. The zero-order valence-corrected chi connectivity index (χ0v) is 14.5. The summed E-state index contributed by atoms with van der Waals surface area (Å²) in [5.41, 5.74) is 1.91. The summed E-state index contributed by atoms with van der Waals surface area (Å²) in [6.07, 6.45) is 5.54. The zero-order chi connectivity index (χ0) is 16.4. The van der Waals surface area contributed by atoms with Crippen molar-refractivity contribution >= 4 is 45.4 Å². The summed E-state index contributed by atoms with van der Waals surface area (Å²) in [5, 5.41) is 3.25. The number of hydrogen-bond acceptors (Lipinski definition) is 5. The van der Waals surface area contributed by atoms with E-state index >= 15 is 0 Å². The molecule has 0 aromatic carbocycles. The second kappa shape index (κ2) is 6.55. The molecule has 3 rings (SSSR count). The van der Waals surface area contributed by atoms with Gasteiger partial charge in [0.2, 0.25) is 5.13 Å². The summed E-state index contributed by atoms with van der Waals surface area (Å²) < 4.78 is 1.97. The van der Waals surface area contributed by atoms with Crippen molar-refractivity contribution in [3.63, 3.8) is 0 Å². The van der Waals surface area contributed by atoms with Crippen molar-refractivity contribution in [1.29, 1.82) is 0 Å². The monoisotopic (exact) mass is 344 g/mol. The van der Waals surface area contributed by atoms with Crippen LogP contribution in [0.3, 0.4) is 0 Å². The first kappa shape index (κ1) is 15.8. The van der Waals surface area contributed by atoms with Crippen LogP contribution in [-0.2, 0) is 11.8 Å². The minimum atomic E-state index is -0.0527. The Bertz CT molecular complexity index is 816. The molecule has 1 amide bonds. The molecule has 1 aliphatic heterocycles. The standard InChI is InChI=1S/C16H16N4OS2/c1-4-7-20-14(21)13(9-12-6-5-8-19(12)3)23-16(20)18-15-17-11(2)10-22-15/h4-6,8-10H,1,7H2,2-3H3/b13-9+,18-16+. The van der Waals surface area contributed by atoms with Crippen molar-refractivity contribution in [1.82, 2.24) is 14.5 Å². The molecule has 0 spiro atoms. The number of carbonyl (C=O) groups is 1. The van der Waals surface area contributed by atoms with E-state index in [0.29, 0.717) is 21.7 Å². The SMILES string of the molecule is C=CCN1C(=O)/C(=C\c2cccn2C)S/C1=N/c1nc(C)cs1. The van der Waals surface area contributed by atoms with Crippen molar-refractivity contribution in [3.05, 3.63) is 52.7 Å². The molecule has 0 saturated carbocycles. The van der Waals surface area contributed by atoms with E-state index < -0.39 is 0 Å². The fourth-order valence-electron chi connectivity index (χ4n) is 2.11. The molecule has 1 fully saturated rings. The summed E-state index contributed by atoms with van der Waals surface area (Å²) in [4.78, 5) is 23.8. The van der Waals surface area contributed by atoms with Crippen molar-refractivity contribution in [3.8, 4) is 0 Å². The Kier molecular flexibility index (Phi) is 4.49. The Labute approximate surface area is 143 Å². The highest BCUT2D eigenvalue weighted by Gasteiger charge is 2.33. The molecule has 118 valence electrons. The van der Waals surface area contributed by atoms with E-state index in [-0.39, 0.29) is 5.91 Å². The number of amides is 1. The van der Waals surface area contributed by atoms with Crippen LogP contribution < -0.4 is 0 Å². The van der Waals surface area contributed by atoms with E-state index in [9.17, 15) is 4.79 Å². The molecule has 2 aromatic rings. The Balaban J connectivity index is 1.95. The predicted octanol–water partition coefficient (Wildman–Crippen LogP) is 3.58. The van der Waals surface area contributed by atoms with E-state index in [4.69, 9.17) is 0 Å². The number of aryl methyl sites for hydroxylation is 2. The molecule has 1 saturated heterocycles. The molecular formula is C16H16N4OS2. The highest BCUT2D eigenvalue weighted by Crippen LogP contribution is 2.34. The molecule has 0 N–H and O–H groups in total. The molecule has 0 unspecified atom stereocenters. The summed E-state index contributed by atoms with van der Waals surface area (Å²) in [5.74, 6) is -0.0527. The smallest absolute Gasteiger partial charge is 0.267 e. The molecule has 23 heavy (non-hydrogen) atoms. The Morgan fingerprint density at radius 3 is 2.91 bits per heavy atom. The third-order valence-electron chi connectivity index (χ3n) is 3.26. The summed E-state index contributed by atoms with van der Waals surface area (Å²) in [7, 11) is 1.95. The number of nitrogens with zero attached hydrogens (tertiary/aromatic N) is 4. The lowest BCUT2D eigenvalue weighted by molar-refractivity contribution is -0.121. The van der Waals surface area contributed by atoms with Gasteiger partial charge in [-0.05, 0) is 36.9 Å². The van der Waals surface area contributed by atoms with E-state index in [1.54, 1.807) is 11.0 Å². The molecule has 5 nitrogen and oxygen atoms in total. The third-order valence-corrected chi connectivity index (χ3v) is 5.12. The molecule has 0 aliphatic carbocycles. The molecule has 0 radical (unpaired) electrons. The number of aliphatic imine (C=N–C) groups is 1. The number of rotatable bonds is 4. The maximum atomic E-state index is 12.6. The Morgan fingerprint density at radius 2 is 2.30 bits per heavy atom. The molecular weight excluding hydrogens is 328 g/mol. The van der Waals surface area contributed by atoms with E-state index in [2.05, 4.69) is 16.6 Å². The quantitative estimate of drug-likeness (QED) is 0.629. The zero-order valence-electron chi connectivity index (χ0n) is 12.9. The first-order valence-corrected chi connectivity index (χ1v) is 8.72. The average Bonchev–Trinajstić information content (AvgIpc) is 3.18. The van der Waals surface area contributed by atoms with Gasteiger partial charge in [-0.25, -0.2) is 4.98 Å². The van der Waals surface area contributed by atoms with Crippen molar-refractivity contribution in [2.45, 2.75) is 6.92 Å². The number of thiazole rings is 1. The van der Waals surface area contributed by atoms with E-state index in [1.807, 2.05) is 48.3 Å². The molecule has 1 aliphatic rings. The number of hydrogen-bond donors (Lipinski definition) is 0. The highest BCUT2D eigenvalue weighted by atomic mass is 32.2. The average molecular weight is 344 g/mol. The van der Waals surface area contributed by atoms with Gasteiger partial charge in [-0.15, -0.1) is 17.9 Å². The number of carbonyl (C=O) groups excluding carboxylic acids is 1. The van der Waals surface area contributed by atoms with E-state index in [1.165, 1.54) is 23.1 Å². The van der Waals surface area contributed by atoms with Gasteiger partial charge in [0.1, 0.15) is 0 Å². The minimum absolute atomic E-state index is 0.0527. The number of amidine groups is 1. The van der Waals surface area contributed by atoms with Gasteiger partial charge in [0, 0.05) is 30.9 Å². The van der Waals surface area contributed by atoms with Crippen LogP contribution in [0.4, 0.5) is 5.13 Å². The summed E-state index contributed by atoms with van der Waals surface area (Å²) >= 11 is 2.84. The third kappa shape index (κ3) is 3.30. The van der Waals surface area contributed by atoms with Gasteiger partial charge in [0.05, 0.1) is 10.6 Å². The van der Waals surface area contributed by atoms with Crippen molar-refractivity contribution in [2.24, 2.45) is 12.0 Å². The van der Waals surface area contributed by atoms with Gasteiger partial charge in [-0.3, -0.25) is 9.69 Å². The van der Waals surface area contributed by atoms with Gasteiger partial charge in [-0.1, -0.05) is 6.08 Å². The van der Waals surface area contributed by atoms with Gasteiger partial charge in [-0.2, -0.15) is 4.99 Å². The molecule has 0 bridgehead atoms. The topological polar surface area (TPSA) is 50.5 Å². The van der Waals surface area contributed by atoms with Crippen LogP contribution in [0.1, 0.15) is 11.4 Å². The van der Waals surface area contributed by atoms with Crippen LogP contribution >= 0.6 is 23.1 Å². The Hall–Kier alpha value is -2.12. The molecule has 3 heterocycles. The lowest BCUT2D eigenvalue weighted by atomic mass is 10.3. The van der Waals surface area contributed by atoms with Crippen LogP contribution in [-0.4, -0.2) is 32.1 Å². The van der Waals surface area contributed by atoms with Crippen LogP contribution in [0, 0.1) is 6.92 Å². The maximum Gasteiger partial charge on any atom is 0.267 e. The van der Waals surface area contributed by atoms with Gasteiger partial charge < -0.3 is 4.57 Å². The Morgan fingerprint density at radius 1 is 1.48 bits per heavy atom. The molecule has 0 atom stereocenters. The first-order chi connectivity index (χ1) is 11.1. The van der Waals surface area contributed by atoms with Crippen LogP contribution in [0.2, 0.25) is 0 Å². The number of thioether (sulfide) groups is 1. The highest BCUT2D eigenvalue weighted by molar-refractivity contribution is 8.18. The lowest BCUT2D eigenvalue weighted by Gasteiger charge is -2.11. The van der Waals surface area contributed by atoms with Crippen LogP contribution in [0.25, 0.3) is 6.08 Å². The molecule has 7 heteroatoms. The van der Waals surface area contributed by atoms with E-state index in [0.717, 1.165) is 11.4 Å². The summed E-state index contributed by atoms with van der Waals surface area (Å²) in [6, 6.07) is 3.92. The second-order valence-electron chi connectivity index (χ2n) is 5.02. The fraction of sp³-hybridized carbons (Fsp3) is 0.188. The lowest BCUT2D eigenvalue weighted by Crippen LogP contribution is -2.29. The molecule has 2 aromatic heterocycles. The van der Waals surface area contributed by atoms with Gasteiger partial charge in [0.15, 0.2) is 5.17 Å². The normalized spacial score (nSPS) is 18.3. The van der Waals surface area contributed by atoms with Crippen LogP contribution in [0.15, 0.2) is 46.3 Å². The largest absolute Gasteiger partial charge is 0.351 e. The van der Waals surface area contributed by atoms with Crippen molar-refractivity contribution < 1.29 is 4.79 Å². The maximum absolute atomic E-state index is 12.6. The van der Waals surface area contributed by atoms with Crippen molar-refractivity contribution in [2.75, 3.05) is 6.54 Å². The minimum Gasteiger partial charge on any atom is -0.351 e.